The van der Waals surface area contributed by atoms with E-state index in [4.69, 9.17) is 4.74 Å². The second-order valence-electron chi connectivity index (χ2n) is 7.01. The molecule has 22 heavy (non-hydrogen) atoms. The van der Waals surface area contributed by atoms with Gasteiger partial charge in [0, 0.05) is 13.1 Å². The first-order chi connectivity index (χ1) is 10.3. The summed E-state index contributed by atoms with van der Waals surface area (Å²) in [6.45, 7) is 9.85. The lowest BCUT2D eigenvalue weighted by molar-refractivity contribution is -0.0792. The summed E-state index contributed by atoms with van der Waals surface area (Å²) < 4.78 is 30.3. The van der Waals surface area contributed by atoms with Gasteiger partial charge in [-0.2, -0.15) is 0 Å². The van der Waals surface area contributed by atoms with Gasteiger partial charge in [-0.05, 0) is 30.5 Å². The lowest BCUT2D eigenvalue weighted by atomic mass is 9.88. The minimum absolute atomic E-state index is 0.120. The van der Waals surface area contributed by atoms with E-state index in [1.54, 1.807) is 24.3 Å². The fourth-order valence-electron chi connectivity index (χ4n) is 2.65. The molecule has 5 heteroatoms. The molecule has 1 heterocycles. The Morgan fingerprint density at radius 2 is 1.91 bits per heavy atom. The summed E-state index contributed by atoms with van der Waals surface area (Å²) in [6, 6.07) is 8.70. The van der Waals surface area contributed by atoms with Crippen LogP contribution in [0.3, 0.4) is 0 Å². The van der Waals surface area contributed by atoms with Crippen molar-refractivity contribution in [1.82, 2.24) is 4.90 Å². The van der Waals surface area contributed by atoms with Gasteiger partial charge in [-0.1, -0.05) is 39.0 Å². The van der Waals surface area contributed by atoms with E-state index in [1.165, 1.54) is 0 Å². The van der Waals surface area contributed by atoms with Crippen LogP contribution >= 0.6 is 0 Å². The topological polar surface area (TPSA) is 46.6 Å². The van der Waals surface area contributed by atoms with Crippen LogP contribution in [-0.2, 0) is 14.6 Å². The maximum atomic E-state index is 12.3. The van der Waals surface area contributed by atoms with Crippen LogP contribution in [-0.4, -0.2) is 51.4 Å². The zero-order valence-corrected chi connectivity index (χ0v) is 14.6. The highest BCUT2D eigenvalue weighted by atomic mass is 32.2. The van der Waals surface area contributed by atoms with Crippen molar-refractivity contribution in [1.29, 1.82) is 0 Å². The van der Waals surface area contributed by atoms with Crippen molar-refractivity contribution < 1.29 is 13.2 Å². The lowest BCUT2D eigenvalue weighted by Gasteiger charge is -2.39. The van der Waals surface area contributed by atoms with Crippen LogP contribution in [0.25, 0.3) is 0 Å². The van der Waals surface area contributed by atoms with E-state index in [2.05, 4.69) is 25.7 Å². The van der Waals surface area contributed by atoms with Crippen molar-refractivity contribution in [3.05, 3.63) is 30.3 Å². The minimum atomic E-state index is -3.16. The molecule has 0 aromatic heterocycles. The fourth-order valence-corrected chi connectivity index (χ4v) is 3.97. The maximum Gasteiger partial charge on any atom is 0.178 e. The Hall–Kier alpha value is -0.910. The van der Waals surface area contributed by atoms with Crippen LogP contribution in [0.4, 0.5) is 0 Å². The molecule has 1 aliphatic rings. The van der Waals surface area contributed by atoms with Gasteiger partial charge < -0.3 is 4.74 Å². The summed E-state index contributed by atoms with van der Waals surface area (Å²) in [5.74, 6) is 0.203. The number of morpholine rings is 1. The average Bonchev–Trinajstić information content (AvgIpc) is 2.47. The van der Waals surface area contributed by atoms with Crippen LogP contribution in [0.5, 0.6) is 0 Å². The van der Waals surface area contributed by atoms with Gasteiger partial charge >= 0.3 is 0 Å². The smallest absolute Gasteiger partial charge is 0.178 e. The maximum absolute atomic E-state index is 12.3. The molecule has 0 spiro atoms. The normalized spacial score (nSPS) is 21.0. The van der Waals surface area contributed by atoms with Crippen molar-refractivity contribution in [3.8, 4) is 0 Å². The second kappa shape index (κ2) is 7.11. The van der Waals surface area contributed by atoms with Crippen LogP contribution in [0.2, 0.25) is 0 Å². The van der Waals surface area contributed by atoms with Gasteiger partial charge in [0.25, 0.3) is 0 Å². The highest BCUT2D eigenvalue weighted by Gasteiger charge is 2.30. The average molecular weight is 325 g/mol. The highest BCUT2D eigenvalue weighted by molar-refractivity contribution is 7.91. The summed E-state index contributed by atoms with van der Waals surface area (Å²) >= 11 is 0. The van der Waals surface area contributed by atoms with Crippen molar-refractivity contribution >= 4 is 9.84 Å². The van der Waals surface area contributed by atoms with Gasteiger partial charge in [-0.15, -0.1) is 0 Å². The molecule has 1 fully saturated rings. The first kappa shape index (κ1) is 17.4. The lowest BCUT2D eigenvalue weighted by Crippen LogP contribution is -2.48. The van der Waals surface area contributed by atoms with E-state index in [1.807, 2.05) is 6.07 Å². The zero-order chi connectivity index (χ0) is 16.2. The molecule has 0 N–H and O–H groups in total. The number of ether oxygens (including phenoxy) is 1. The van der Waals surface area contributed by atoms with E-state index < -0.39 is 9.84 Å². The molecule has 1 aromatic carbocycles. The molecule has 1 aliphatic heterocycles. The van der Waals surface area contributed by atoms with Crippen molar-refractivity contribution in [2.24, 2.45) is 5.41 Å². The number of nitrogens with zero attached hydrogens (tertiary/aromatic N) is 1. The van der Waals surface area contributed by atoms with Crippen LogP contribution in [0.15, 0.2) is 35.2 Å². The molecule has 1 atom stereocenters. The first-order valence-corrected chi connectivity index (χ1v) is 9.56. The Bertz CT molecular complexity index is 563. The molecular weight excluding hydrogens is 298 g/mol. The van der Waals surface area contributed by atoms with Gasteiger partial charge in [0.15, 0.2) is 9.84 Å². The van der Waals surface area contributed by atoms with Crippen LogP contribution in [0.1, 0.15) is 27.2 Å². The largest absolute Gasteiger partial charge is 0.375 e. The number of benzene rings is 1. The standard InChI is InChI=1S/C17H27NO3S/c1-17(2,3)16-14-18(11-12-21-16)10-7-13-22(19,20)15-8-5-4-6-9-15/h4-6,8-9,16H,7,10-14H2,1-3H3. The van der Waals surface area contributed by atoms with Gasteiger partial charge in [0.1, 0.15) is 0 Å². The summed E-state index contributed by atoms with van der Waals surface area (Å²) in [5.41, 5.74) is 0.120. The second-order valence-corrected chi connectivity index (χ2v) is 9.12. The fraction of sp³-hybridized carbons (Fsp3) is 0.647. The predicted octanol–water partition coefficient (Wildman–Crippen LogP) is 2.60. The summed E-state index contributed by atoms with van der Waals surface area (Å²) in [7, 11) is -3.16. The molecule has 1 aromatic rings. The molecule has 124 valence electrons. The Morgan fingerprint density at radius 1 is 1.23 bits per heavy atom. The predicted molar refractivity (Wildman–Crippen MR) is 88.7 cm³/mol. The third-order valence-electron chi connectivity index (χ3n) is 4.11. The van der Waals surface area contributed by atoms with E-state index in [0.717, 1.165) is 26.2 Å². The first-order valence-electron chi connectivity index (χ1n) is 7.91. The molecule has 0 saturated carbocycles. The van der Waals surface area contributed by atoms with E-state index in [0.29, 0.717) is 11.3 Å². The Kier molecular flexibility index (Phi) is 5.64. The number of hydrogen-bond donors (Lipinski definition) is 0. The van der Waals surface area contributed by atoms with E-state index in [-0.39, 0.29) is 17.3 Å². The molecule has 0 radical (unpaired) electrons. The van der Waals surface area contributed by atoms with Crippen molar-refractivity contribution in [2.75, 3.05) is 32.0 Å². The van der Waals surface area contributed by atoms with Crippen LogP contribution < -0.4 is 0 Å². The third-order valence-corrected chi connectivity index (χ3v) is 5.92. The van der Waals surface area contributed by atoms with E-state index in [9.17, 15) is 8.42 Å². The van der Waals surface area contributed by atoms with Gasteiger partial charge in [-0.25, -0.2) is 8.42 Å². The third kappa shape index (κ3) is 4.80. The molecular formula is C17H27NO3S. The quantitative estimate of drug-likeness (QED) is 0.835. The molecule has 1 unspecified atom stereocenters. The summed E-state index contributed by atoms with van der Waals surface area (Å²) in [5, 5.41) is 0. The van der Waals surface area contributed by atoms with Crippen molar-refractivity contribution in [2.45, 2.75) is 38.2 Å². The molecule has 1 saturated heterocycles. The Morgan fingerprint density at radius 3 is 2.55 bits per heavy atom. The molecule has 0 bridgehead atoms. The minimum Gasteiger partial charge on any atom is -0.375 e. The SMILES string of the molecule is CC(C)(C)C1CN(CCCS(=O)(=O)c2ccccc2)CCO1. The van der Waals surface area contributed by atoms with Gasteiger partial charge in [0.2, 0.25) is 0 Å². The zero-order valence-electron chi connectivity index (χ0n) is 13.8. The summed E-state index contributed by atoms with van der Waals surface area (Å²) in [4.78, 5) is 2.74. The number of hydrogen-bond acceptors (Lipinski definition) is 4. The van der Waals surface area contributed by atoms with Gasteiger partial charge in [-0.3, -0.25) is 4.90 Å². The molecule has 0 aliphatic carbocycles. The molecule has 4 nitrogen and oxygen atoms in total. The monoisotopic (exact) mass is 325 g/mol. The number of rotatable bonds is 5. The van der Waals surface area contributed by atoms with Crippen molar-refractivity contribution in [3.63, 3.8) is 0 Å². The molecule has 2 rings (SSSR count). The highest BCUT2D eigenvalue weighted by Crippen LogP contribution is 2.25. The Balaban J connectivity index is 1.84. The number of sulfone groups is 1. The summed E-state index contributed by atoms with van der Waals surface area (Å²) in [6.07, 6.45) is 0.876. The Labute approximate surface area is 134 Å². The van der Waals surface area contributed by atoms with E-state index >= 15 is 0 Å². The van der Waals surface area contributed by atoms with Crippen LogP contribution in [0, 0.1) is 5.41 Å². The molecule has 0 amide bonds. The van der Waals surface area contributed by atoms with Gasteiger partial charge in [0.05, 0.1) is 23.4 Å².